The van der Waals surface area contributed by atoms with E-state index < -0.39 is 0 Å². The highest BCUT2D eigenvalue weighted by Gasteiger charge is 2.24. The first-order chi connectivity index (χ1) is 56.4. The van der Waals surface area contributed by atoms with Gasteiger partial charge in [0, 0.05) is 95.3 Å². The van der Waals surface area contributed by atoms with E-state index in [1.807, 2.05) is 59.9 Å². The molecular weight excluding hydrogens is 1430 g/mol. The Hall–Kier alpha value is -14.4. The number of allylic oxidation sites excluding steroid dienone is 1. The Kier molecular flexibility index (Phi) is 16.3. The van der Waals surface area contributed by atoms with E-state index in [9.17, 15) is 0 Å². The average molecular weight is 1490 g/mol. The molecule has 0 unspecified atom stereocenters. The number of hydrogen-bond donors (Lipinski definition) is 0. The van der Waals surface area contributed by atoms with Crippen molar-refractivity contribution < 1.29 is 8.83 Å². The Morgan fingerprint density at radius 2 is 0.702 bits per heavy atom. The molecule has 16 aromatic carbocycles. The van der Waals surface area contributed by atoms with Crippen LogP contribution in [0.5, 0.6) is 0 Å². The van der Waals surface area contributed by atoms with Crippen molar-refractivity contribution in [3.8, 4) is 112 Å². The normalized spacial score (nSPS) is 14.0. The monoisotopic (exact) mass is 1490 g/mol. The number of amidine groups is 1. The van der Waals surface area contributed by atoms with E-state index in [1.165, 1.54) is 35.8 Å². The number of fused-ring (bicyclic) bond motifs is 12. The van der Waals surface area contributed by atoms with Crippen molar-refractivity contribution in [2.75, 3.05) is 0 Å². The standard InChI is InChI=1S/C105H65N5O2S2/c1-5-24-64(25-6-1)70-32-19-34-74(56-70)89-59-76(60-90-80-38-15-17-46-93(80)112-99(89)90)71-52-54-81-83-40-21-42-85(100(83)113-96(81)62-71)92-45-23-44-91(106-102(107-92)67-26-7-2-8-27-67)75-35-20-33-73(57-75)79-37-14-13-36-78(79)65-48-50-66(51-49-65)88-58-77(61-95-98(88)86-39-16-18-47-94(86)111-95)72-53-55-82-84-41-22-43-87(101(84)114-97(82)63-72)105-109-103(68-28-9-3-10-29-68)108-104(110-105)69-30-11-4-12-31-69/h1-22,24-43,45-63H,23,44H2/b92-45-,106-91+,107-102-. The second kappa shape index (κ2) is 27.9. The third-order valence-electron chi connectivity index (χ3n) is 22.3. The summed E-state index contributed by atoms with van der Waals surface area (Å²) in [5.74, 6) is 2.60. The number of para-hydroxylation sites is 2. The van der Waals surface area contributed by atoms with Crippen LogP contribution in [0.3, 0.4) is 0 Å². The van der Waals surface area contributed by atoms with Gasteiger partial charge in [-0.1, -0.05) is 303 Å². The second-order valence-corrected chi connectivity index (χ2v) is 31.3. The largest absolute Gasteiger partial charge is 0.456 e. The van der Waals surface area contributed by atoms with Gasteiger partial charge in [0.05, 0.1) is 11.4 Å². The molecule has 1 aliphatic heterocycles. The summed E-state index contributed by atoms with van der Waals surface area (Å²) < 4.78 is 18.2. The zero-order valence-electron chi connectivity index (χ0n) is 61.5. The van der Waals surface area contributed by atoms with Crippen molar-refractivity contribution >= 4 is 124 Å². The van der Waals surface area contributed by atoms with Gasteiger partial charge >= 0.3 is 0 Å². The van der Waals surface area contributed by atoms with E-state index in [1.54, 1.807) is 11.3 Å². The maximum Gasteiger partial charge on any atom is 0.165 e. The maximum atomic E-state index is 6.77. The molecule has 114 heavy (non-hydrogen) atoms. The van der Waals surface area contributed by atoms with Gasteiger partial charge in [-0.05, 0) is 157 Å². The van der Waals surface area contributed by atoms with Gasteiger partial charge in [0.2, 0.25) is 0 Å². The molecule has 9 heteroatoms. The molecule has 0 fully saturated rings. The molecule has 0 N–H and O–H groups in total. The van der Waals surface area contributed by atoms with Crippen molar-refractivity contribution in [2.24, 2.45) is 9.98 Å². The minimum absolute atomic E-state index is 0.638. The fourth-order valence-corrected chi connectivity index (χ4v) is 19.2. The summed E-state index contributed by atoms with van der Waals surface area (Å²) in [7, 11) is 0. The zero-order chi connectivity index (χ0) is 75.2. The SMILES string of the molecule is C1=C(c2cccc3c2sc2cc(-c4cc(-c5cccc(-c6ccccc6)c5)c5oc6ccccc6c5c4)ccc23)/N=C(c2ccccc2)\N=C(\c2cccc(-c3ccccc3-c3ccc(-c4cc(-c5ccc6c(c5)sc5c(-c7nc(-c8ccccc8)nc(-c8ccccc8)n7)cccc56)cc5oc6ccccc6c45)cc3)c2)CC\1. The first-order valence-electron chi connectivity index (χ1n) is 38.5. The van der Waals surface area contributed by atoms with Crippen LogP contribution in [0.25, 0.3) is 202 Å². The summed E-state index contributed by atoms with van der Waals surface area (Å²) >= 11 is 3.61. The van der Waals surface area contributed by atoms with Gasteiger partial charge in [0.1, 0.15) is 22.3 Å². The van der Waals surface area contributed by atoms with Gasteiger partial charge in [0.15, 0.2) is 23.3 Å². The van der Waals surface area contributed by atoms with E-state index in [0.717, 1.165) is 184 Å². The molecule has 534 valence electrons. The second-order valence-electron chi connectivity index (χ2n) is 29.2. The number of hydrogen-bond acceptors (Lipinski definition) is 9. The highest BCUT2D eigenvalue weighted by Crippen LogP contribution is 2.48. The Bertz CT molecular complexity index is 7460. The van der Waals surface area contributed by atoms with E-state index in [-0.39, 0.29) is 0 Å². The molecule has 1 aliphatic rings. The van der Waals surface area contributed by atoms with Crippen LogP contribution in [-0.4, -0.2) is 26.5 Å². The van der Waals surface area contributed by atoms with E-state index in [2.05, 4.69) is 322 Å². The summed E-state index contributed by atoms with van der Waals surface area (Å²) in [4.78, 5) is 26.5. The van der Waals surface area contributed by atoms with Crippen LogP contribution in [0.15, 0.2) is 389 Å². The summed E-state index contributed by atoms with van der Waals surface area (Å²) in [6, 6.07) is 130. The number of benzene rings is 16. The zero-order valence-corrected chi connectivity index (χ0v) is 63.1. The summed E-state index contributed by atoms with van der Waals surface area (Å²) in [6.07, 6.45) is 3.80. The highest BCUT2D eigenvalue weighted by atomic mass is 32.1. The molecule has 0 amide bonds. The van der Waals surface area contributed by atoms with E-state index in [4.69, 9.17) is 33.8 Å². The van der Waals surface area contributed by atoms with Crippen molar-refractivity contribution in [3.63, 3.8) is 0 Å². The molecule has 0 aliphatic carbocycles. The maximum absolute atomic E-state index is 6.77. The summed E-state index contributed by atoms with van der Waals surface area (Å²) in [5.41, 5.74) is 27.0. The number of nitrogens with zero attached hydrogens (tertiary/aromatic N) is 5. The topological polar surface area (TPSA) is 89.7 Å². The van der Waals surface area contributed by atoms with Gasteiger partial charge in [-0.3, -0.25) is 0 Å². The third-order valence-corrected chi connectivity index (χ3v) is 24.7. The quantitative estimate of drug-likeness (QED) is 0.115. The van der Waals surface area contributed by atoms with Crippen LogP contribution in [0.4, 0.5) is 0 Å². The molecule has 22 rings (SSSR count). The van der Waals surface area contributed by atoms with Crippen molar-refractivity contribution in [2.45, 2.75) is 12.8 Å². The lowest BCUT2D eigenvalue weighted by Crippen LogP contribution is -2.09. The number of aliphatic imine (C=N–C) groups is 2. The van der Waals surface area contributed by atoms with Crippen LogP contribution in [0.2, 0.25) is 0 Å². The Balaban J connectivity index is 0.577. The van der Waals surface area contributed by atoms with Crippen LogP contribution in [0, 0.1) is 0 Å². The predicted octanol–water partition coefficient (Wildman–Crippen LogP) is 29.1. The summed E-state index contributed by atoms with van der Waals surface area (Å²) in [6.45, 7) is 0. The highest BCUT2D eigenvalue weighted by molar-refractivity contribution is 7.26. The first kappa shape index (κ1) is 66.6. The molecule has 0 spiro atoms. The Labute approximate surface area is 664 Å². The number of thiophene rings is 2. The van der Waals surface area contributed by atoms with E-state index >= 15 is 0 Å². The van der Waals surface area contributed by atoms with Crippen molar-refractivity contribution in [1.29, 1.82) is 0 Å². The van der Waals surface area contributed by atoms with Crippen molar-refractivity contribution in [3.05, 3.63) is 387 Å². The van der Waals surface area contributed by atoms with Crippen LogP contribution in [-0.2, 0) is 0 Å². The lowest BCUT2D eigenvalue weighted by atomic mass is 9.90. The lowest BCUT2D eigenvalue weighted by Gasteiger charge is -2.15. The number of rotatable bonds is 13. The Morgan fingerprint density at radius 1 is 0.246 bits per heavy atom. The molecular formula is C105H65N5O2S2. The van der Waals surface area contributed by atoms with Crippen LogP contribution >= 0.6 is 22.7 Å². The average Bonchev–Trinajstić information content (AvgIpc) is 1.60. The fourth-order valence-electron chi connectivity index (χ4n) is 16.7. The molecule has 0 atom stereocenters. The van der Waals surface area contributed by atoms with Gasteiger partial charge in [-0.25, -0.2) is 24.9 Å². The van der Waals surface area contributed by atoms with Crippen molar-refractivity contribution in [1.82, 2.24) is 15.0 Å². The van der Waals surface area contributed by atoms with Gasteiger partial charge in [-0.2, -0.15) is 0 Å². The molecule has 7 nitrogen and oxygen atoms in total. The first-order valence-corrected chi connectivity index (χ1v) is 40.2. The summed E-state index contributed by atoms with van der Waals surface area (Å²) in [5, 5.41) is 9.16. The smallest absolute Gasteiger partial charge is 0.165 e. The molecule has 0 bridgehead atoms. The van der Waals surface area contributed by atoms with E-state index in [0.29, 0.717) is 23.3 Å². The minimum Gasteiger partial charge on any atom is -0.456 e. The lowest BCUT2D eigenvalue weighted by molar-refractivity contribution is 0.669. The van der Waals surface area contributed by atoms with Crippen LogP contribution < -0.4 is 0 Å². The van der Waals surface area contributed by atoms with Gasteiger partial charge in [0.25, 0.3) is 0 Å². The molecule has 5 aromatic heterocycles. The van der Waals surface area contributed by atoms with Crippen LogP contribution in [0.1, 0.15) is 29.5 Å². The third kappa shape index (κ3) is 11.9. The number of furan rings is 2. The molecule has 21 aromatic rings. The molecule has 6 heterocycles. The fraction of sp³-hybridized carbons (Fsp3) is 0.0190. The minimum atomic E-state index is 0.638. The van der Waals surface area contributed by atoms with Gasteiger partial charge < -0.3 is 8.83 Å². The molecule has 0 saturated carbocycles. The number of aromatic nitrogens is 3. The molecule has 0 saturated heterocycles. The predicted molar refractivity (Wildman–Crippen MR) is 478 cm³/mol. The Morgan fingerprint density at radius 3 is 1.37 bits per heavy atom. The molecule has 0 radical (unpaired) electrons. The van der Waals surface area contributed by atoms with Gasteiger partial charge in [-0.15, -0.1) is 22.7 Å².